The van der Waals surface area contributed by atoms with Crippen molar-refractivity contribution in [3.8, 4) is 0 Å². The number of benzene rings is 2. The molecule has 3 nitrogen and oxygen atoms in total. The van der Waals surface area contributed by atoms with Crippen molar-refractivity contribution >= 4 is 44.9 Å². The molecule has 24 heavy (non-hydrogen) atoms. The van der Waals surface area contributed by atoms with Gasteiger partial charge in [0.1, 0.15) is 5.01 Å². The second-order valence-electron chi connectivity index (χ2n) is 5.86. The largest absolute Gasteiger partial charge is 0.325 e. The zero-order valence-electron chi connectivity index (χ0n) is 13.8. The minimum absolute atomic E-state index is 0.0363. The minimum atomic E-state index is 0.0363. The summed E-state index contributed by atoms with van der Waals surface area (Å²) in [7, 11) is 0. The lowest BCUT2D eigenvalue weighted by atomic mass is 10.0. The SMILES string of the molecule is CC(C)c1ccccc1NC(=O)CSCc1nc2ccccc2s1. The van der Waals surface area contributed by atoms with Gasteiger partial charge in [-0.25, -0.2) is 4.98 Å². The molecule has 0 aliphatic rings. The van der Waals surface area contributed by atoms with E-state index in [0.29, 0.717) is 11.7 Å². The fraction of sp³-hybridized carbons (Fsp3) is 0.263. The number of rotatable bonds is 6. The number of fused-ring (bicyclic) bond motifs is 1. The molecule has 0 fully saturated rings. The Kier molecular flexibility index (Phi) is 5.53. The third kappa shape index (κ3) is 4.16. The molecule has 1 amide bonds. The van der Waals surface area contributed by atoms with Gasteiger partial charge in [-0.3, -0.25) is 4.79 Å². The maximum absolute atomic E-state index is 12.2. The van der Waals surface area contributed by atoms with Crippen LogP contribution < -0.4 is 5.32 Å². The summed E-state index contributed by atoms with van der Waals surface area (Å²) in [6.45, 7) is 4.26. The molecular formula is C19H20N2OS2. The van der Waals surface area contributed by atoms with Crippen molar-refractivity contribution in [1.29, 1.82) is 0 Å². The van der Waals surface area contributed by atoms with Crippen LogP contribution in [0, 0.1) is 0 Å². The van der Waals surface area contributed by atoms with Crippen LogP contribution in [0.25, 0.3) is 10.2 Å². The van der Waals surface area contributed by atoms with Crippen LogP contribution in [0.2, 0.25) is 0 Å². The summed E-state index contributed by atoms with van der Waals surface area (Å²) in [6.07, 6.45) is 0. The van der Waals surface area contributed by atoms with Crippen molar-refractivity contribution in [2.75, 3.05) is 11.1 Å². The number of hydrogen-bond donors (Lipinski definition) is 1. The standard InChI is InChI=1S/C19H20N2OS2/c1-13(2)14-7-3-4-8-15(14)20-18(22)11-23-12-19-21-16-9-5-6-10-17(16)24-19/h3-10,13H,11-12H2,1-2H3,(H,20,22). The van der Waals surface area contributed by atoms with Gasteiger partial charge in [0.2, 0.25) is 5.91 Å². The van der Waals surface area contributed by atoms with E-state index in [1.807, 2.05) is 36.4 Å². The van der Waals surface area contributed by atoms with Crippen molar-refractivity contribution in [3.05, 3.63) is 59.1 Å². The highest BCUT2D eigenvalue weighted by Crippen LogP contribution is 2.26. The van der Waals surface area contributed by atoms with Crippen LogP contribution in [-0.2, 0) is 10.5 Å². The highest BCUT2D eigenvalue weighted by atomic mass is 32.2. The average molecular weight is 357 g/mol. The van der Waals surface area contributed by atoms with Gasteiger partial charge in [-0.05, 0) is 29.7 Å². The molecule has 0 atom stereocenters. The molecule has 1 heterocycles. The number of carbonyl (C=O) groups excluding carboxylic acids is 1. The normalized spacial score (nSPS) is 11.1. The molecule has 1 N–H and O–H groups in total. The van der Waals surface area contributed by atoms with E-state index in [-0.39, 0.29) is 5.91 Å². The van der Waals surface area contributed by atoms with E-state index in [1.165, 1.54) is 10.3 Å². The summed E-state index contributed by atoms with van der Waals surface area (Å²) >= 11 is 3.29. The molecule has 5 heteroatoms. The zero-order valence-corrected chi connectivity index (χ0v) is 15.4. The van der Waals surface area contributed by atoms with Crippen molar-refractivity contribution < 1.29 is 4.79 Å². The van der Waals surface area contributed by atoms with E-state index in [9.17, 15) is 4.79 Å². The van der Waals surface area contributed by atoms with Crippen LogP contribution in [-0.4, -0.2) is 16.6 Å². The summed E-state index contributed by atoms with van der Waals surface area (Å²) in [6, 6.07) is 16.1. The Morgan fingerprint density at radius 1 is 1.17 bits per heavy atom. The van der Waals surface area contributed by atoms with E-state index < -0.39 is 0 Å². The number of hydrogen-bond acceptors (Lipinski definition) is 4. The van der Waals surface area contributed by atoms with Gasteiger partial charge in [0.15, 0.2) is 0 Å². The molecule has 0 unspecified atom stereocenters. The topological polar surface area (TPSA) is 42.0 Å². The average Bonchev–Trinajstić information content (AvgIpc) is 2.97. The molecule has 124 valence electrons. The molecule has 0 spiro atoms. The molecule has 0 aliphatic heterocycles. The molecule has 0 saturated carbocycles. The molecule has 0 aliphatic carbocycles. The van der Waals surface area contributed by atoms with E-state index in [4.69, 9.17) is 0 Å². The van der Waals surface area contributed by atoms with E-state index >= 15 is 0 Å². The molecule has 0 saturated heterocycles. The molecule has 0 radical (unpaired) electrons. The van der Waals surface area contributed by atoms with Gasteiger partial charge in [-0.1, -0.05) is 44.2 Å². The molecule has 2 aromatic carbocycles. The number of nitrogens with one attached hydrogen (secondary N) is 1. The Morgan fingerprint density at radius 3 is 2.71 bits per heavy atom. The first-order valence-corrected chi connectivity index (χ1v) is 9.91. The van der Waals surface area contributed by atoms with Gasteiger partial charge in [-0.15, -0.1) is 23.1 Å². The summed E-state index contributed by atoms with van der Waals surface area (Å²) in [5.41, 5.74) is 3.12. The van der Waals surface area contributed by atoms with Crippen LogP contribution in [0.3, 0.4) is 0 Å². The van der Waals surface area contributed by atoms with Gasteiger partial charge in [0.05, 0.1) is 16.0 Å². The predicted molar refractivity (Wildman–Crippen MR) is 105 cm³/mol. The third-order valence-corrected chi connectivity index (χ3v) is 5.82. The first kappa shape index (κ1) is 17.0. The number of thioether (sulfide) groups is 1. The summed E-state index contributed by atoms with van der Waals surface area (Å²) < 4.78 is 1.20. The zero-order chi connectivity index (χ0) is 16.9. The number of thiazole rings is 1. The monoisotopic (exact) mass is 356 g/mol. The smallest absolute Gasteiger partial charge is 0.234 e. The molecule has 0 bridgehead atoms. The first-order chi connectivity index (χ1) is 11.6. The van der Waals surface area contributed by atoms with Gasteiger partial charge in [0, 0.05) is 11.4 Å². The van der Waals surface area contributed by atoms with Crippen molar-refractivity contribution in [2.45, 2.75) is 25.5 Å². The van der Waals surface area contributed by atoms with Crippen LogP contribution in [0.5, 0.6) is 0 Å². The third-order valence-electron chi connectivity index (χ3n) is 3.65. The number of para-hydroxylation sites is 2. The predicted octanol–water partition coefficient (Wildman–Crippen LogP) is 5.29. The Morgan fingerprint density at radius 2 is 1.92 bits per heavy atom. The second-order valence-corrected chi connectivity index (χ2v) is 7.96. The highest BCUT2D eigenvalue weighted by molar-refractivity contribution is 7.99. The maximum atomic E-state index is 12.2. The fourth-order valence-corrected chi connectivity index (χ4v) is 4.36. The molecule has 3 rings (SSSR count). The fourth-order valence-electron chi connectivity index (χ4n) is 2.51. The number of carbonyl (C=O) groups is 1. The number of nitrogens with zero attached hydrogens (tertiary/aromatic N) is 1. The molecular weight excluding hydrogens is 336 g/mol. The van der Waals surface area contributed by atoms with Gasteiger partial charge >= 0.3 is 0 Å². The number of aromatic nitrogens is 1. The molecule has 3 aromatic rings. The quantitative estimate of drug-likeness (QED) is 0.652. The second kappa shape index (κ2) is 7.81. The van der Waals surface area contributed by atoms with Gasteiger partial charge in [-0.2, -0.15) is 0 Å². The number of anilines is 1. The van der Waals surface area contributed by atoms with Crippen LogP contribution in [0.1, 0.15) is 30.3 Å². The van der Waals surface area contributed by atoms with E-state index in [1.54, 1.807) is 23.1 Å². The first-order valence-electron chi connectivity index (χ1n) is 7.94. The van der Waals surface area contributed by atoms with Crippen LogP contribution in [0.4, 0.5) is 5.69 Å². The molecule has 1 aromatic heterocycles. The van der Waals surface area contributed by atoms with Crippen molar-refractivity contribution in [3.63, 3.8) is 0 Å². The van der Waals surface area contributed by atoms with E-state index in [0.717, 1.165) is 22.0 Å². The Bertz CT molecular complexity index is 809. The summed E-state index contributed by atoms with van der Waals surface area (Å²) in [5, 5.41) is 4.09. The Hall–Kier alpha value is -1.85. The van der Waals surface area contributed by atoms with Gasteiger partial charge < -0.3 is 5.32 Å². The number of amides is 1. The lowest BCUT2D eigenvalue weighted by molar-refractivity contribution is -0.113. The van der Waals surface area contributed by atoms with Crippen LogP contribution in [0.15, 0.2) is 48.5 Å². The summed E-state index contributed by atoms with van der Waals surface area (Å²) in [5.74, 6) is 1.62. The lowest BCUT2D eigenvalue weighted by Crippen LogP contribution is -2.15. The highest BCUT2D eigenvalue weighted by Gasteiger charge is 2.10. The maximum Gasteiger partial charge on any atom is 0.234 e. The van der Waals surface area contributed by atoms with E-state index in [2.05, 4.69) is 36.3 Å². The minimum Gasteiger partial charge on any atom is -0.325 e. The Labute approximate surface area is 150 Å². The van der Waals surface area contributed by atoms with Crippen molar-refractivity contribution in [2.24, 2.45) is 0 Å². The Balaban J connectivity index is 1.54. The van der Waals surface area contributed by atoms with Crippen molar-refractivity contribution in [1.82, 2.24) is 4.98 Å². The van der Waals surface area contributed by atoms with Gasteiger partial charge in [0.25, 0.3) is 0 Å². The summed E-state index contributed by atoms with van der Waals surface area (Å²) in [4.78, 5) is 16.8. The lowest BCUT2D eigenvalue weighted by Gasteiger charge is -2.13. The van der Waals surface area contributed by atoms with Crippen LogP contribution >= 0.6 is 23.1 Å².